The molecule has 116 valence electrons. The molecule has 1 saturated heterocycles. The van der Waals surface area contributed by atoms with Gasteiger partial charge in [0.25, 0.3) is 0 Å². The van der Waals surface area contributed by atoms with E-state index in [0.717, 1.165) is 31.7 Å². The van der Waals surface area contributed by atoms with E-state index in [-0.39, 0.29) is 11.7 Å². The molecule has 0 amide bonds. The number of halogens is 3. The first-order valence-electron chi connectivity index (χ1n) is 7.01. The number of rotatable bonds is 1. The molecule has 1 spiro atoms. The van der Waals surface area contributed by atoms with Crippen LogP contribution in [0, 0.1) is 0 Å². The minimum atomic E-state index is -4.46. The van der Waals surface area contributed by atoms with Crippen LogP contribution in [0.25, 0.3) is 0 Å². The van der Waals surface area contributed by atoms with Crippen LogP contribution in [-0.2, 0) is 15.7 Å². The smallest absolute Gasteiger partial charge is 0.383 e. The molecule has 21 heavy (non-hydrogen) atoms. The Balaban J connectivity index is 1.73. The van der Waals surface area contributed by atoms with Crippen LogP contribution in [0.15, 0.2) is 12.1 Å². The molecule has 1 aliphatic heterocycles. The van der Waals surface area contributed by atoms with Gasteiger partial charge in [-0.05, 0) is 30.4 Å². The van der Waals surface area contributed by atoms with Crippen LogP contribution in [0.5, 0.6) is 0 Å². The first-order valence-corrected chi connectivity index (χ1v) is 7.01. The molecule has 2 aliphatic rings. The third-order valence-corrected chi connectivity index (χ3v) is 4.25. The molecule has 0 aromatic carbocycles. The van der Waals surface area contributed by atoms with Crippen molar-refractivity contribution in [1.29, 1.82) is 0 Å². The second-order valence-corrected chi connectivity index (χ2v) is 5.55. The number of ether oxygens (including phenoxy) is 2. The van der Waals surface area contributed by atoms with E-state index in [1.165, 1.54) is 6.07 Å². The average Bonchev–Trinajstić information content (AvgIpc) is 2.87. The van der Waals surface area contributed by atoms with Crippen molar-refractivity contribution < 1.29 is 22.6 Å². The number of nitrogen functional groups attached to an aromatic ring is 1. The predicted octanol–water partition coefficient (Wildman–Crippen LogP) is 3.08. The molecule has 0 radical (unpaired) electrons. The van der Waals surface area contributed by atoms with Crippen LogP contribution in [-0.4, -0.2) is 24.0 Å². The summed E-state index contributed by atoms with van der Waals surface area (Å²) in [7, 11) is 0. The summed E-state index contributed by atoms with van der Waals surface area (Å²) in [5.74, 6) is -0.401. The van der Waals surface area contributed by atoms with Gasteiger partial charge in [-0.25, -0.2) is 4.98 Å². The maximum absolute atomic E-state index is 12.6. The summed E-state index contributed by atoms with van der Waals surface area (Å²) in [4.78, 5) is 3.50. The van der Waals surface area contributed by atoms with Gasteiger partial charge in [-0.15, -0.1) is 0 Å². The van der Waals surface area contributed by atoms with E-state index < -0.39 is 17.7 Å². The van der Waals surface area contributed by atoms with Gasteiger partial charge in [-0.1, -0.05) is 6.07 Å². The van der Waals surface area contributed by atoms with Crippen LogP contribution in [0.4, 0.5) is 19.0 Å². The summed E-state index contributed by atoms with van der Waals surface area (Å²) in [5.41, 5.74) is 5.46. The van der Waals surface area contributed by atoms with Crippen LogP contribution < -0.4 is 5.73 Å². The average molecular weight is 302 g/mol. The summed E-state index contributed by atoms with van der Waals surface area (Å²) in [6, 6.07) is 2.45. The summed E-state index contributed by atoms with van der Waals surface area (Å²) < 4.78 is 49.1. The highest BCUT2D eigenvalue weighted by molar-refractivity contribution is 5.43. The molecule has 4 nitrogen and oxygen atoms in total. The summed E-state index contributed by atoms with van der Waals surface area (Å²) >= 11 is 0. The monoisotopic (exact) mass is 302 g/mol. The first kappa shape index (κ1) is 14.6. The summed E-state index contributed by atoms with van der Waals surface area (Å²) in [6.07, 6.45) is -1.44. The van der Waals surface area contributed by atoms with Crippen LogP contribution in [0.2, 0.25) is 0 Å². The van der Waals surface area contributed by atoms with Gasteiger partial charge < -0.3 is 15.2 Å². The molecule has 1 aromatic rings. The number of alkyl halides is 3. The highest BCUT2D eigenvalue weighted by Gasteiger charge is 2.41. The van der Waals surface area contributed by atoms with Crippen molar-refractivity contribution in [2.75, 3.05) is 18.9 Å². The molecule has 0 unspecified atom stereocenters. The van der Waals surface area contributed by atoms with Crippen LogP contribution >= 0.6 is 0 Å². The Morgan fingerprint density at radius 2 is 1.76 bits per heavy atom. The van der Waals surface area contributed by atoms with E-state index in [4.69, 9.17) is 15.2 Å². The molecule has 0 bridgehead atoms. The van der Waals surface area contributed by atoms with E-state index in [0.29, 0.717) is 18.8 Å². The van der Waals surface area contributed by atoms with Crippen molar-refractivity contribution in [1.82, 2.24) is 4.98 Å². The molecule has 2 fully saturated rings. The number of hydrogen-bond donors (Lipinski definition) is 1. The zero-order valence-electron chi connectivity index (χ0n) is 11.4. The third-order valence-electron chi connectivity index (χ3n) is 4.25. The number of pyridine rings is 1. The van der Waals surface area contributed by atoms with Gasteiger partial charge in [-0.3, -0.25) is 0 Å². The van der Waals surface area contributed by atoms with Crippen molar-refractivity contribution in [2.24, 2.45) is 0 Å². The maximum atomic E-state index is 12.6. The topological polar surface area (TPSA) is 57.4 Å². The lowest BCUT2D eigenvalue weighted by molar-refractivity contribution is -0.178. The minimum absolute atomic E-state index is 0.0287. The first-order chi connectivity index (χ1) is 9.90. The van der Waals surface area contributed by atoms with Gasteiger partial charge in [0, 0.05) is 12.8 Å². The van der Waals surface area contributed by atoms with Gasteiger partial charge in [0.2, 0.25) is 0 Å². The van der Waals surface area contributed by atoms with Gasteiger partial charge in [0.1, 0.15) is 11.5 Å². The number of hydrogen-bond acceptors (Lipinski definition) is 4. The number of nitrogens with zero attached hydrogens (tertiary/aromatic N) is 1. The standard InChI is InChI=1S/C14H17F3N2O2/c15-14(16,17)11-2-1-10(12(18)19-11)9-3-5-13(6-4-9)20-7-8-21-13/h1-2,9H,3-8H2,(H2,18,19). The Morgan fingerprint density at radius 1 is 1.14 bits per heavy atom. The van der Waals surface area contributed by atoms with Crippen molar-refractivity contribution in [3.05, 3.63) is 23.4 Å². The second-order valence-electron chi connectivity index (χ2n) is 5.55. The second kappa shape index (κ2) is 5.14. The van der Waals surface area contributed by atoms with Crippen molar-refractivity contribution in [3.63, 3.8) is 0 Å². The Kier molecular flexibility index (Phi) is 3.57. The van der Waals surface area contributed by atoms with Crippen molar-refractivity contribution in [2.45, 2.75) is 43.6 Å². The number of aromatic nitrogens is 1. The van der Waals surface area contributed by atoms with Gasteiger partial charge in [0.15, 0.2) is 5.79 Å². The lowest BCUT2D eigenvalue weighted by Crippen LogP contribution is -2.34. The Labute approximate surface area is 120 Å². The molecular formula is C14H17F3N2O2. The van der Waals surface area contributed by atoms with E-state index in [1.807, 2.05) is 0 Å². The molecule has 1 saturated carbocycles. The zero-order chi connectivity index (χ0) is 15.1. The normalized spacial score (nSPS) is 22.8. The van der Waals surface area contributed by atoms with Crippen LogP contribution in [0.1, 0.15) is 42.9 Å². The van der Waals surface area contributed by atoms with Gasteiger partial charge in [-0.2, -0.15) is 13.2 Å². The highest BCUT2D eigenvalue weighted by Crippen LogP contribution is 2.43. The van der Waals surface area contributed by atoms with E-state index in [1.54, 1.807) is 0 Å². The quantitative estimate of drug-likeness (QED) is 0.866. The summed E-state index contributed by atoms with van der Waals surface area (Å²) in [5, 5.41) is 0. The molecule has 0 atom stereocenters. The minimum Gasteiger partial charge on any atom is -0.383 e. The Morgan fingerprint density at radius 3 is 2.29 bits per heavy atom. The van der Waals surface area contributed by atoms with Gasteiger partial charge >= 0.3 is 6.18 Å². The largest absolute Gasteiger partial charge is 0.433 e. The third kappa shape index (κ3) is 2.85. The molecule has 3 rings (SSSR count). The molecular weight excluding hydrogens is 285 g/mol. The molecule has 2 heterocycles. The molecule has 2 N–H and O–H groups in total. The molecule has 1 aliphatic carbocycles. The zero-order valence-corrected chi connectivity index (χ0v) is 11.4. The lowest BCUT2D eigenvalue weighted by atomic mass is 9.81. The van der Waals surface area contributed by atoms with Gasteiger partial charge in [0.05, 0.1) is 13.2 Å². The molecule has 1 aromatic heterocycles. The lowest BCUT2D eigenvalue weighted by Gasteiger charge is -2.35. The highest BCUT2D eigenvalue weighted by atomic mass is 19.4. The van der Waals surface area contributed by atoms with E-state index in [9.17, 15) is 13.2 Å². The van der Waals surface area contributed by atoms with Crippen LogP contribution in [0.3, 0.4) is 0 Å². The fourth-order valence-electron chi connectivity index (χ4n) is 3.14. The van der Waals surface area contributed by atoms with E-state index in [2.05, 4.69) is 4.98 Å². The number of anilines is 1. The SMILES string of the molecule is Nc1nc(C(F)(F)F)ccc1C1CCC2(CC1)OCCO2. The Bertz CT molecular complexity index is 517. The van der Waals surface area contributed by atoms with E-state index >= 15 is 0 Å². The fourth-order valence-corrected chi connectivity index (χ4v) is 3.14. The maximum Gasteiger partial charge on any atom is 0.433 e. The Hall–Kier alpha value is -1.34. The predicted molar refractivity (Wildman–Crippen MR) is 69.5 cm³/mol. The summed E-state index contributed by atoms with van der Waals surface area (Å²) in [6.45, 7) is 1.21. The van der Waals surface area contributed by atoms with Crippen molar-refractivity contribution in [3.8, 4) is 0 Å². The number of nitrogens with two attached hydrogens (primary N) is 1. The fraction of sp³-hybridized carbons (Fsp3) is 0.643. The molecule has 7 heteroatoms. The van der Waals surface area contributed by atoms with Crippen molar-refractivity contribution >= 4 is 5.82 Å².